The number of carbonyl (C=O) groups excluding carboxylic acids is 1. The number of carbonyl (C=O) groups is 1. The zero-order chi connectivity index (χ0) is 15.4. The van der Waals surface area contributed by atoms with Crippen LogP contribution in [0.2, 0.25) is 0 Å². The normalized spacial score (nSPS) is 23.8. The van der Waals surface area contributed by atoms with Crippen LogP contribution in [0.1, 0.15) is 51.9 Å². The van der Waals surface area contributed by atoms with Crippen molar-refractivity contribution in [3.63, 3.8) is 0 Å². The average molecular weight is 306 g/mol. The van der Waals surface area contributed by atoms with Gasteiger partial charge in [-0.05, 0) is 56.8 Å². The summed E-state index contributed by atoms with van der Waals surface area (Å²) in [6, 6.07) is 0. The van der Waals surface area contributed by atoms with Crippen LogP contribution in [0.5, 0.6) is 0 Å². The third-order valence-corrected chi connectivity index (χ3v) is 5.30. The quantitative estimate of drug-likeness (QED) is 0.408. The van der Waals surface area contributed by atoms with Crippen LogP contribution in [0.3, 0.4) is 0 Å². The lowest BCUT2D eigenvalue weighted by molar-refractivity contribution is -0.127. The minimum Gasteiger partial charge on any atom is -0.357 e. The molecular formula is C17H30N4O. The fraction of sp³-hybridized carbons (Fsp3) is 0.882. The second kappa shape index (κ2) is 6.88. The van der Waals surface area contributed by atoms with E-state index in [1.165, 1.54) is 25.7 Å². The third kappa shape index (κ3) is 3.93. The summed E-state index contributed by atoms with van der Waals surface area (Å²) in [6.07, 6.45) is 8.34. The minimum absolute atomic E-state index is 0.320. The van der Waals surface area contributed by atoms with Gasteiger partial charge in [0.25, 0.3) is 0 Å². The lowest BCUT2D eigenvalue weighted by Crippen LogP contribution is -2.39. The molecule has 3 fully saturated rings. The first-order chi connectivity index (χ1) is 10.7. The van der Waals surface area contributed by atoms with Gasteiger partial charge in [0, 0.05) is 39.1 Å². The molecule has 0 aromatic heterocycles. The van der Waals surface area contributed by atoms with Crippen molar-refractivity contribution in [2.45, 2.75) is 51.9 Å². The van der Waals surface area contributed by atoms with E-state index in [1.807, 2.05) is 4.90 Å². The van der Waals surface area contributed by atoms with Crippen molar-refractivity contribution in [3.05, 3.63) is 0 Å². The van der Waals surface area contributed by atoms with Crippen molar-refractivity contribution >= 4 is 11.9 Å². The highest BCUT2D eigenvalue weighted by atomic mass is 16.2. The van der Waals surface area contributed by atoms with Crippen LogP contribution >= 0.6 is 0 Å². The molecule has 124 valence electrons. The van der Waals surface area contributed by atoms with Gasteiger partial charge in [0.05, 0.1) is 0 Å². The number of hydrogen-bond acceptors (Lipinski definition) is 2. The van der Waals surface area contributed by atoms with Gasteiger partial charge >= 0.3 is 0 Å². The number of likely N-dealkylation sites (tertiary alicyclic amines) is 1. The number of nitrogens with zero attached hydrogens (tertiary/aromatic N) is 2. The molecule has 5 heteroatoms. The van der Waals surface area contributed by atoms with Gasteiger partial charge in [0.15, 0.2) is 5.96 Å². The van der Waals surface area contributed by atoms with E-state index >= 15 is 0 Å². The summed E-state index contributed by atoms with van der Waals surface area (Å²) in [5.41, 5.74) is 0.560. The molecule has 2 aliphatic carbocycles. The maximum atomic E-state index is 11.6. The SMILES string of the molecule is CCNC(=NCC1(C2CC2)CC1)NCCCN1CCCC1=O. The number of aliphatic imine (C=N–C) groups is 1. The second-order valence-electron chi connectivity index (χ2n) is 7.10. The fourth-order valence-corrected chi connectivity index (χ4v) is 3.55. The second-order valence-corrected chi connectivity index (χ2v) is 7.10. The van der Waals surface area contributed by atoms with Gasteiger partial charge in [-0.2, -0.15) is 0 Å². The Balaban J connectivity index is 1.38. The van der Waals surface area contributed by atoms with Crippen molar-refractivity contribution in [2.24, 2.45) is 16.3 Å². The largest absolute Gasteiger partial charge is 0.357 e. The fourth-order valence-electron chi connectivity index (χ4n) is 3.55. The lowest BCUT2D eigenvalue weighted by Gasteiger charge is -2.17. The van der Waals surface area contributed by atoms with E-state index in [4.69, 9.17) is 4.99 Å². The van der Waals surface area contributed by atoms with Crippen LogP contribution in [-0.4, -0.2) is 49.5 Å². The Morgan fingerprint density at radius 3 is 2.77 bits per heavy atom. The van der Waals surface area contributed by atoms with Crippen molar-refractivity contribution in [3.8, 4) is 0 Å². The van der Waals surface area contributed by atoms with Gasteiger partial charge < -0.3 is 15.5 Å². The highest BCUT2D eigenvalue weighted by molar-refractivity contribution is 5.80. The summed E-state index contributed by atoms with van der Waals surface area (Å²) >= 11 is 0. The van der Waals surface area contributed by atoms with Gasteiger partial charge in [0.2, 0.25) is 5.91 Å². The van der Waals surface area contributed by atoms with E-state index in [0.29, 0.717) is 11.3 Å². The number of nitrogens with one attached hydrogen (secondary N) is 2. The zero-order valence-electron chi connectivity index (χ0n) is 13.9. The predicted octanol–water partition coefficient (Wildman–Crippen LogP) is 1.74. The first-order valence-electron chi connectivity index (χ1n) is 9.03. The van der Waals surface area contributed by atoms with Crippen molar-refractivity contribution in [1.82, 2.24) is 15.5 Å². The van der Waals surface area contributed by atoms with E-state index in [0.717, 1.165) is 63.9 Å². The predicted molar refractivity (Wildman–Crippen MR) is 88.8 cm³/mol. The van der Waals surface area contributed by atoms with Gasteiger partial charge in [-0.1, -0.05) is 0 Å². The molecular weight excluding hydrogens is 276 g/mol. The van der Waals surface area contributed by atoms with Crippen LogP contribution < -0.4 is 10.6 Å². The number of amides is 1. The molecule has 0 spiro atoms. The highest BCUT2D eigenvalue weighted by Crippen LogP contribution is 2.61. The number of rotatable bonds is 8. The molecule has 0 atom stereocenters. The monoisotopic (exact) mass is 306 g/mol. The number of hydrogen-bond donors (Lipinski definition) is 2. The lowest BCUT2D eigenvalue weighted by atomic mass is 10.0. The van der Waals surface area contributed by atoms with Crippen molar-refractivity contribution < 1.29 is 4.79 Å². The molecule has 3 aliphatic rings. The molecule has 5 nitrogen and oxygen atoms in total. The summed E-state index contributed by atoms with van der Waals surface area (Å²) in [7, 11) is 0. The molecule has 1 amide bonds. The van der Waals surface area contributed by atoms with Gasteiger partial charge in [-0.3, -0.25) is 9.79 Å². The van der Waals surface area contributed by atoms with Crippen LogP contribution in [0.15, 0.2) is 4.99 Å². The first kappa shape index (κ1) is 15.6. The highest BCUT2D eigenvalue weighted by Gasteiger charge is 2.53. The molecule has 22 heavy (non-hydrogen) atoms. The minimum atomic E-state index is 0.320. The first-order valence-corrected chi connectivity index (χ1v) is 9.03. The van der Waals surface area contributed by atoms with E-state index in [9.17, 15) is 4.79 Å². The van der Waals surface area contributed by atoms with Gasteiger partial charge in [-0.25, -0.2) is 0 Å². The van der Waals surface area contributed by atoms with Gasteiger partial charge in [0.1, 0.15) is 0 Å². The van der Waals surface area contributed by atoms with Crippen LogP contribution in [-0.2, 0) is 4.79 Å². The summed E-state index contributed by atoms with van der Waals surface area (Å²) < 4.78 is 0. The Hall–Kier alpha value is -1.26. The summed E-state index contributed by atoms with van der Waals surface area (Å²) in [4.78, 5) is 18.4. The molecule has 0 bridgehead atoms. The van der Waals surface area contributed by atoms with Gasteiger partial charge in [-0.15, -0.1) is 0 Å². The zero-order valence-corrected chi connectivity index (χ0v) is 13.9. The summed E-state index contributed by atoms with van der Waals surface area (Å²) in [5, 5.41) is 6.76. The molecule has 3 rings (SSSR count). The van der Waals surface area contributed by atoms with Crippen LogP contribution in [0.25, 0.3) is 0 Å². The van der Waals surface area contributed by atoms with E-state index in [2.05, 4.69) is 17.6 Å². The molecule has 1 aliphatic heterocycles. The summed E-state index contributed by atoms with van der Waals surface area (Å²) in [6.45, 7) is 6.68. The standard InChI is InChI=1S/C17H30N4O/c1-2-18-16(20-13-17(8-9-17)14-6-7-14)19-10-4-12-21-11-3-5-15(21)22/h14H,2-13H2,1H3,(H2,18,19,20). The Morgan fingerprint density at radius 1 is 1.36 bits per heavy atom. The topological polar surface area (TPSA) is 56.7 Å². The smallest absolute Gasteiger partial charge is 0.222 e. The molecule has 0 radical (unpaired) electrons. The van der Waals surface area contributed by atoms with E-state index < -0.39 is 0 Å². The Morgan fingerprint density at radius 2 is 2.18 bits per heavy atom. The maximum Gasteiger partial charge on any atom is 0.222 e. The molecule has 1 heterocycles. The third-order valence-electron chi connectivity index (χ3n) is 5.30. The Bertz CT molecular complexity index is 426. The molecule has 0 aromatic carbocycles. The Labute approximate surface area is 133 Å². The molecule has 1 saturated heterocycles. The molecule has 0 unspecified atom stereocenters. The molecule has 0 aromatic rings. The summed E-state index contributed by atoms with van der Waals surface area (Å²) in [5.74, 6) is 2.23. The Kier molecular flexibility index (Phi) is 4.89. The average Bonchev–Trinajstić information content (AvgIpc) is 3.41. The van der Waals surface area contributed by atoms with Crippen molar-refractivity contribution in [1.29, 1.82) is 0 Å². The maximum absolute atomic E-state index is 11.6. The van der Waals surface area contributed by atoms with Crippen LogP contribution in [0.4, 0.5) is 0 Å². The van der Waals surface area contributed by atoms with E-state index in [-0.39, 0.29) is 0 Å². The number of guanidine groups is 1. The molecule has 2 saturated carbocycles. The molecule has 2 N–H and O–H groups in total. The van der Waals surface area contributed by atoms with Crippen molar-refractivity contribution in [2.75, 3.05) is 32.7 Å². The van der Waals surface area contributed by atoms with E-state index in [1.54, 1.807) is 0 Å². The van der Waals surface area contributed by atoms with Crippen LogP contribution in [0, 0.1) is 11.3 Å².